The summed E-state index contributed by atoms with van der Waals surface area (Å²) in [7, 11) is 0. The molecule has 0 amide bonds. The average molecular weight is 890 g/mol. The third-order valence-corrected chi connectivity index (χ3v) is 15.8. The summed E-state index contributed by atoms with van der Waals surface area (Å²) in [4.78, 5) is 15.9. The number of para-hydroxylation sites is 6. The molecule has 0 bridgehead atoms. The van der Waals surface area contributed by atoms with Gasteiger partial charge in [-0.05, 0) is 74.8 Å². The molecule has 0 N–H and O–H groups in total. The summed E-state index contributed by atoms with van der Waals surface area (Å²) in [5, 5.41) is 4.99. The van der Waals surface area contributed by atoms with Gasteiger partial charge in [0.05, 0.1) is 44.3 Å². The number of hydrogen-bond acceptors (Lipinski definition) is 3. The number of aromatic nitrogens is 5. The first-order valence-electron chi connectivity index (χ1n) is 24.1. The highest BCUT2D eigenvalue weighted by molar-refractivity contribution is 6.14. The Kier molecular flexibility index (Phi) is 7.42. The van der Waals surface area contributed by atoms with E-state index in [2.05, 4.69) is 209 Å². The Balaban J connectivity index is 1.11. The molecular weight excluding hydrogens is 851 g/mol. The van der Waals surface area contributed by atoms with Gasteiger partial charge in [-0.1, -0.05) is 206 Å². The summed E-state index contributed by atoms with van der Waals surface area (Å²) in [5.41, 5.74) is 18.5. The molecule has 16 rings (SSSR count). The minimum Gasteiger partial charge on any atom is -0.309 e. The van der Waals surface area contributed by atoms with Crippen molar-refractivity contribution in [2.75, 3.05) is 0 Å². The largest absolute Gasteiger partial charge is 0.309 e. The van der Waals surface area contributed by atoms with Crippen LogP contribution in [0.5, 0.6) is 0 Å². The van der Waals surface area contributed by atoms with E-state index in [1.165, 1.54) is 99.5 Å². The number of hydrogen-bond donors (Lipinski definition) is 0. The van der Waals surface area contributed by atoms with Crippen LogP contribution in [0.3, 0.4) is 0 Å². The molecular formula is C65H39N5. The number of nitrogens with zero attached hydrogens (tertiary/aromatic N) is 5. The molecule has 2 unspecified atom stereocenters. The van der Waals surface area contributed by atoms with Crippen LogP contribution in [0.2, 0.25) is 0 Å². The second-order valence-corrected chi connectivity index (χ2v) is 19.0. The Bertz CT molecular complexity index is 4320. The first kappa shape index (κ1) is 37.9. The van der Waals surface area contributed by atoms with Crippen molar-refractivity contribution >= 4 is 43.6 Å². The van der Waals surface area contributed by atoms with Crippen LogP contribution in [-0.2, 0) is 10.8 Å². The van der Waals surface area contributed by atoms with Gasteiger partial charge < -0.3 is 9.13 Å². The molecule has 324 valence electrons. The van der Waals surface area contributed by atoms with Crippen LogP contribution in [-0.4, -0.2) is 24.1 Å². The summed E-state index contributed by atoms with van der Waals surface area (Å²) in [5.74, 6) is 1.90. The standard InChI is InChI=1S/C65H39N5/c1-3-19-40(20-4-1)61-66-62(41-21-5-2-6-22-41)68-63(67-61)42-37-38-49-54(39-42)65(51-30-12-16-36-58(51)70-56-34-14-8-24-44(56)46-26-18-32-53(65)60(46)70)48-28-10-9-27-47(48)64(49)50-29-11-15-35-57(50)69-55-33-13-7-23-43(55)45-25-17-31-52(64)59(45)69/h1-39H. The smallest absolute Gasteiger partial charge is 0.164 e. The normalized spacial score (nSPS) is 17.0. The van der Waals surface area contributed by atoms with Crippen molar-refractivity contribution in [1.82, 2.24) is 24.1 Å². The zero-order valence-electron chi connectivity index (χ0n) is 37.8. The third-order valence-electron chi connectivity index (χ3n) is 15.8. The summed E-state index contributed by atoms with van der Waals surface area (Å²) in [6, 6.07) is 87.1. The van der Waals surface area contributed by atoms with Crippen LogP contribution in [0.4, 0.5) is 0 Å². The number of fused-ring (bicyclic) bond motifs is 20. The molecule has 0 radical (unpaired) electrons. The van der Waals surface area contributed by atoms with Crippen molar-refractivity contribution in [3.63, 3.8) is 0 Å². The second kappa shape index (κ2) is 13.7. The number of rotatable bonds is 3. The summed E-state index contributed by atoms with van der Waals surface area (Å²) >= 11 is 0. The molecule has 2 aliphatic heterocycles. The monoisotopic (exact) mass is 889 g/mol. The summed E-state index contributed by atoms with van der Waals surface area (Å²) in [6.07, 6.45) is 0. The molecule has 0 fully saturated rings. The van der Waals surface area contributed by atoms with Gasteiger partial charge >= 0.3 is 0 Å². The molecule has 2 atom stereocenters. The van der Waals surface area contributed by atoms with Crippen LogP contribution < -0.4 is 0 Å². The third kappa shape index (κ3) is 4.60. The molecule has 0 saturated heterocycles. The molecule has 3 aromatic heterocycles. The van der Waals surface area contributed by atoms with E-state index in [0.717, 1.165) is 16.7 Å². The molecule has 2 spiro atoms. The Morgan fingerprint density at radius 3 is 1.14 bits per heavy atom. The molecule has 10 aromatic carbocycles. The molecule has 5 heteroatoms. The van der Waals surface area contributed by atoms with Gasteiger partial charge in [0.15, 0.2) is 17.5 Å². The van der Waals surface area contributed by atoms with Crippen LogP contribution in [0, 0.1) is 0 Å². The van der Waals surface area contributed by atoms with E-state index >= 15 is 0 Å². The lowest BCUT2D eigenvalue weighted by atomic mass is 9.49. The molecule has 5 heterocycles. The maximum absolute atomic E-state index is 5.37. The maximum atomic E-state index is 5.37. The predicted molar refractivity (Wildman–Crippen MR) is 282 cm³/mol. The fraction of sp³-hybridized carbons (Fsp3) is 0.0308. The molecule has 5 nitrogen and oxygen atoms in total. The minimum absolute atomic E-state index is 0.626. The van der Waals surface area contributed by atoms with Crippen molar-refractivity contribution < 1.29 is 0 Å². The molecule has 3 aliphatic rings. The van der Waals surface area contributed by atoms with Crippen LogP contribution >= 0.6 is 0 Å². The van der Waals surface area contributed by atoms with Gasteiger partial charge in [0.1, 0.15) is 0 Å². The fourth-order valence-electron chi connectivity index (χ4n) is 13.3. The van der Waals surface area contributed by atoms with Crippen LogP contribution in [0.15, 0.2) is 237 Å². The lowest BCUT2D eigenvalue weighted by Crippen LogP contribution is -2.48. The second-order valence-electron chi connectivity index (χ2n) is 19.0. The maximum Gasteiger partial charge on any atom is 0.164 e. The lowest BCUT2D eigenvalue weighted by molar-refractivity contribution is 0.606. The first-order valence-corrected chi connectivity index (χ1v) is 24.1. The highest BCUT2D eigenvalue weighted by atomic mass is 15.0. The predicted octanol–water partition coefficient (Wildman–Crippen LogP) is 14.8. The summed E-state index contributed by atoms with van der Waals surface area (Å²) < 4.78 is 5.05. The van der Waals surface area contributed by atoms with Gasteiger partial charge in [-0.25, -0.2) is 15.0 Å². The van der Waals surface area contributed by atoms with Gasteiger partial charge in [0.25, 0.3) is 0 Å². The average Bonchev–Trinajstić information content (AvgIpc) is 3.97. The van der Waals surface area contributed by atoms with Crippen molar-refractivity contribution in [3.8, 4) is 45.5 Å². The van der Waals surface area contributed by atoms with E-state index in [4.69, 9.17) is 15.0 Å². The molecule has 0 saturated carbocycles. The lowest BCUT2D eigenvalue weighted by Gasteiger charge is -2.53. The molecule has 13 aromatic rings. The van der Waals surface area contributed by atoms with Gasteiger partial charge in [-0.15, -0.1) is 0 Å². The Hall–Kier alpha value is -9.19. The van der Waals surface area contributed by atoms with Crippen LogP contribution in [0.1, 0.15) is 44.5 Å². The highest BCUT2D eigenvalue weighted by Crippen LogP contribution is 2.65. The SMILES string of the molecule is c1ccc(-c2nc(-c3ccccc3)nc(-c3ccc4c(c3)C3(c5ccccc5-n5c6ccccc6c6cccc3c65)c3ccccc3C43c4ccccc4-n4c5ccccc5c5cccc3c54)n2)cc1. The number of benzene rings is 10. The highest BCUT2D eigenvalue weighted by Gasteiger charge is 2.58. The first-order chi connectivity index (χ1) is 34.7. The zero-order chi connectivity index (χ0) is 45.7. The Morgan fingerprint density at radius 2 is 0.629 bits per heavy atom. The van der Waals surface area contributed by atoms with Gasteiger partial charge in [-0.2, -0.15) is 0 Å². The van der Waals surface area contributed by atoms with E-state index in [1.807, 2.05) is 36.4 Å². The Labute approximate surface area is 403 Å². The fourth-order valence-corrected chi connectivity index (χ4v) is 13.3. The van der Waals surface area contributed by atoms with E-state index < -0.39 is 10.8 Å². The molecule has 1 aliphatic carbocycles. The van der Waals surface area contributed by atoms with Crippen molar-refractivity contribution in [2.24, 2.45) is 0 Å². The van der Waals surface area contributed by atoms with Crippen molar-refractivity contribution in [3.05, 3.63) is 281 Å². The summed E-state index contributed by atoms with van der Waals surface area (Å²) in [6.45, 7) is 0. The Morgan fingerprint density at radius 1 is 0.257 bits per heavy atom. The topological polar surface area (TPSA) is 48.5 Å². The van der Waals surface area contributed by atoms with E-state index in [9.17, 15) is 0 Å². The van der Waals surface area contributed by atoms with E-state index in [-0.39, 0.29) is 0 Å². The van der Waals surface area contributed by atoms with Crippen molar-refractivity contribution in [2.45, 2.75) is 10.8 Å². The minimum atomic E-state index is -0.780. The van der Waals surface area contributed by atoms with Gasteiger partial charge in [-0.3, -0.25) is 0 Å². The van der Waals surface area contributed by atoms with E-state index in [1.54, 1.807) is 0 Å². The zero-order valence-corrected chi connectivity index (χ0v) is 37.8. The van der Waals surface area contributed by atoms with Crippen molar-refractivity contribution in [1.29, 1.82) is 0 Å². The quantitative estimate of drug-likeness (QED) is 0.178. The van der Waals surface area contributed by atoms with Gasteiger partial charge in [0.2, 0.25) is 0 Å². The van der Waals surface area contributed by atoms with Gasteiger partial charge in [0, 0.05) is 38.2 Å². The van der Waals surface area contributed by atoms with Crippen LogP contribution in [0.25, 0.3) is 89.2 Å². The molecule has 70 heavy (non-hydrogen) atoms. The van der Waals surface area contributed by atoms with E-state index in [0.29, 0.717) is 17.5 Å².